The topological polar surface area (TPSA) is 489 Å². The van der Waals surface area contributed by atoms with Crippen molar-refractivity contribution in [2.24, 2.45) is 5.92 Å². The number of carbonyl (C=O) groups is 8. The fourth-order valence-electron chi connectivity index (χ4n) is 12.3. The number of amides is 8. The van der Waals surface area contributed by atoms with E-state index in [2.05, 4.69) is 44.1 Å². The first-order chi connectivity index (χ1) is 49.0. The Morgan fingerprint density at radius 2 is 0.745 bits per heavy atom. The molecule has 4 heterocycles. The lowest BCUT2D eigenvalue weighted by Crippen LogP contribution is -2.64. The van der Waals surface area contributed by atoms with Gasteiger partial charge in [0.1, 0.15) is 78.6 Å². The zero-order chi connectivity index (χ0) is 74.8. The Bertz CT molecular complexity index is 2210. The van der Waals surface area contributed by atoms with Gasteiger partial charge in [-0.15, -0.1) is 0 Å². The summed E-state index contributed by atoms with van der Waals surface area (Å²) in [5, 5.41) is 111. The van der Waals surface area contributed by atoms with E-state index in [0.717, 1.165) is 25.7 Å². The second-order valence-corrected chi connectivity index (χ2v) is 26.8. The fourth-order valence-corrected chi connectivity index (χ4v) is 12.3. The number of likely N-dealkylation sites (tertiary alicyclic amines) is 1. The van der Waals surface area contributed by atoms with Gasteiger partial charge in [0.25, 0.3) is 0 Å². The number of nitrogens with one attached hydrogen (secondary N) is 7. The van der Waals surface area contributed by atoms with Gasteiger partial charge >= 0.3 is 0 Å². The average molecular weight is 1470 g/mol. The maximum absolute atomic E-state index is 14.4. The van der Waals surface area contributed by atoms with Crippen LogP contribution < -0.4 is 37.2 Å². The largest absolute Gasteiger partial charge is 0.394 e. The molecule has 4 rings (SSSR count). The summed E-state index contributed by atoms with van der Waals surface area (Å²) >= 11 is 0. The van der Waals surface area contributed by atoms with Crippen LogP contribution in [0.3, 0.4) is 0 Å². The van der Waals surface area contributed by atoms with E-state index < -0.39 is 141 Å². The Kier molecular flexibility index (Phi) is 44.3. The summed E-state index contributed by atoms with van der Waals surface area (Å²) in [5.74, 6) is -3.04. The van der Waals surface area contributed by atoms with Crippen LogP contribution in [0.5, 0.6) is 0 Å². The summed E-state index contributed by atoms with van der Waals surface area (Å²) in [5.41, 5.74) is -1.40. The molecular formula is C68H122N8O26. The maximum Gasteiger partial charge on any atom is 0.223 e. The molecule has 0 bridgehead atoms. The predicted octanol–water partition coefficient (Wildman–Crippen LogP) is -2.82. The highest BCUT2D eigenvalue weighted by Gasteiger charge is 2.48. The molecule has 34 heteroatoms. The summed E-state index contributed by atoms with van der Waals surface area (Å²) < 4.78 is 52.8. The molecule has 0 aliphatic carbocycles. The highest BCUT2D eigenvalue weighted by Crippen LogP contribution is 2.27. The molecular weight excluding hydrogens is 1340 g/mol. The third-order valence-electron chi connectivity index (χ3n) is 18.2. The molecule has 0 aromatic carbocycles. The van der Waals surface area contributed by atoms with Crippen molar-refractivity contribution in [2.75, 3.05) is 112 Å². The summed E-state index contributed by atoms with van der Waals surface area (Å²) in [6.45, 7) is 5.78. The van der Waals surface area contributed by atoms with E-state index in [9.17, 15) is 84.3 Å². The van der Waals surface area contributed by atoms with E-state index in [1.165, 1.54) is 20.8 Å². The third kappa shape index (κ3) is 33.2. The summed E-state index contributed by atoms with van der Waals surface area (Å²) in [6, 6.07) is -3.15. The van der Waals surface area contributed by atoms with Gasteiger partial charge in [0, 0.05) is 105 Å². The van der Waals surface area contributed by atoms with Gasteiger partial charge in [-0.3, -0.25) is 38.4 Å². The van der Waals surface area contributed by atoms with Gasteiger partial charge in [-0.25, -0.2) is 0 Å². The van der Waals surface area contributed by atoms with Crippen molar-refractivity contribution >= 4 is 47.3 Å². The van der Waals surface area contributed by atoms with Crippen LogP contribution in [0, 0.1) is 5.92 Å². The van der Waals surface area contributed by atoms with Crippen LogP contribution in [0.15, 0.2) is 0 Å². The smallest absolute Gasteiger partial charge is 0.223 e. The maximum atomic E-state index is 14.4. The zero-order valence-electron chi connectivity index (χ0n) is 60.2. The Labute approximate surface area is 598 Å². The highest BCUT2D eigenvalue weighted by atomic mass is 16.7. The normalized spacial score (nSPS) is 26.7. The Morgan fingerprint density at radius 1 is 0.422 bits per heavy atom. The standard InChI is InChI=1S/C68H122N8O26/c1-5-6-7-14-21-54(86)76-30-22-47(23-31-76)64(93)75-68(41-94-35-24-51(83)69-27-15-8-11-18-32-97-65-55(72-44(2)80)61(90)58(87)48(38-77)100-65,42-95-36-25-52(84)70-28-16-9-12-19-33-98-66-56(73-45(3)81)62(91)59(88)49(39-78)101-66)43-96-37-26-53(85)71-29-17-10-13-20-34-99-67-57(74-46(4)82)63(92)60(89)50(40-79)102-67/h47-50,55-63,65-67,77-79,87-92H,5-43H2,1-4H3,(H,69,83)(H,70,84)(H,71,85)(H,72,80)(H,73,81)(H,74,82)(H,75,93). The minimum Gasteiger partial charge on any atom is -0.394 e. The van der Waals surface area contributed by atoms with E-state index in [-0.39, 0.29) is 108 Å². The monoisotopic (exact) mass is 1470 g/mol. The predicted molar refractivity (Wildman–Crippen MR) is 364 cm³/mol. The van der Waals surface area contributed by atoms with Crippen LogP contribution >= 0.6 is 0 Å². The van der Waals surface area contributed by atoms with Gasteiger partial charge < -0.3 is 131 Å². The van der Waals surface area contributed by atoms with Gasteiger partial charge in [0.05, 0.1) is 59.5 Å². The molecule has 4 aliphatic heterocycles. The van der Waals surface area contributed by atoms with Crippen molar-refractivity contribution < 1.29 is 127 Å². The van der Waals surface area contributed by atoms with Crippen LogP contribution in [0.4, 0.5) is 0 Å². The first-order valence-corrected chi connectivity index (χ1v) is 36.6. The first-order valence-electron chi connectivity index (χ1n) is 36.6. The molecule has 16 N–H and O–H groups in total. The van der Waals surface area contributed by atoms with E-state index in [1.807, 2.05) is 0 Å². The van der Waals surface area contributed by atoms with Crippen LogP contribution in [-0.4, -0.2) is 308 Å². The lowest BCUT2D eigenvalue weighted by molar-refractivity contribution is -0.270. The Balaban J connectivity index is 1.32. The second-order valence-electron chi connectivity index (χ2n) is 26.8. The van der Waals surface area contributed by atoms with E-state index in [4.69, 9.17) is 42.6 Å². The lowest BCUT2D eigenvalue weighted by atomic mass is 9.93. The van der Waals surface area contributed by atoms with Crippen molar-refractivity contribution in [3.8, 4) is 0 Å². The van der Waals surface area contributed by atoms with Gasteiger partial charge in [-0.1, -0.05) is 64.7 Å². The van der Waals surface area contributed by atoms with Gasteiger partial charge in [-0.05, 0) is 57.8 Å². The fraction of sp³-hybridized carbons (Fsp3) is 0.882. The van der Waals surface area contributed by atoms with Gasteiger partial charge in [-0.2, -0.15) is 0 Å². The zero-order valence-corrected chi connectivity index (χ0v) is 60.2. The Hall–Kier alpha value is -4.96. The summed E-state index contributed by atoms with van der Waals surface area (Å²) in [6.07, 6.45) is -2.42. The number of aliphatic hydroxyl groups excluding tert-OH is 9. The highest BCUT2D eigenvalue weighted by molar-refractivity contribution is 5.81. The number of carbonyl (C=O) groups excluding carboxylic acids is 8. The molecule has 4 saturated heterocycles. The summed E-state index contributed by atoms with van der Waals surface area (Å²) in [7, 11) is 0. The van der Waals surface area contributed by atoms with Crippen LogP contribution in [0.25, 0.3) is 0 Å². The van der Waals surface area contributed by atoms with Crippen molar-refractivity contribution in [1.82, 2.24) is 42.1 Å². The minimum atomic E-state index is -1.43. The number of aliphatic hydroxyl groups is 9. The minimum absolute atomic E-state index is 0.0462. The van der Waals surface area contributed by atoms with E-state index in [1.54, 1.807) is 4.90 Å². The number of piperidine rings is 1. The molecule has 0 aromatic heterocycles. The summed E-state index contributed by atoms with van der Waals surface area (Å²) in [4.78, 5) is 104. The van der Waals surface area contributed by atoms with Gasteiger partial charge in [0.15, 0.2) is 18.9 Å². The molecule has 0 saturated carbocycles. The van der Waals surface area contributed by atoms with Crippen molar-refractivity contribution in [3.05, 3.63) is 0 Å². The quantitative estimate of drug-likeness (QED) is 0.0273. The van der Waals surface area contributed by atoms with E-state index in [0.29, 0.717) is 129 Å². The van der Waals surface area contributed by atoms with Crippen molar-refractivity contribution in [2.45, 2.75) is 266 Å². The molecule has 590 valence electrons. The molecule has 8 amide bonds. The number of nitrogens with zero attached hydrogens (tertiary/aromatic N) is 1. The lowest BCUT2D eigenvalue weighted by Gasteiger charge is -2.42. The number of ether oxygens (including phenoxy) is 9. The first kappa shape index (κ1) is 89.4. The van der Waals surface area contributed by atoms with Crippen LogP contribution in [-0.2, 0) is 81.0 Å². The van der Waals surface area contributed by atoms with Gasteiger partial charge in [0.2, 0.25) is 47.3 Å². The number of rotatable bonds is 52. The molecule has 0 aromatic rings. The Morgan fingerprint density at radius 3 is 1.06 bits per heavy atom. The second kappa shape index (κ2) is 50.5. The molecule has 4 fully saturated rings. The van der Waals surface area contributed by atoms with Crippen molar-refractivity contribution in [3.63, 3.8) is 0 Å². The average Bonchev–Trinajstić information content (AvgIpc) is 0.828. The molecule has 0 radical (unpaired) electrons. The number of unbranched alkanes of at least 4 members (excludes halogenated alkanes) is 12. The van der Waals surface area contributed by atoms with Crippen LogP contribution in [0.1, 0.15) is 169 Å². The molecule has 34 nitrogen and oxygen atoms in total. The third-order valence-corrected chi connectivity index (χ3v) is 18.2. The molecule has 4 aliphatic rings. The molecule has 15 atom stereocenters. The van der Waals surface area contributed by atoms with E-state index >= 15 is 0 Å². The number of hydrogen-bond acceptors (Lipinski definition) is 26. The number of hydrogen-bond donors (Lipinski definition) is 16. The molecule has 102 heavy (non-hydrogen) atoms. The SMILES string of the molecule is CCCCCCC(=O)N1CCC(C(=O)NC(COCCC(=O)NCCCCCCOC2OC(CO)C(O)C(O)C2NC(C)=O)(COCCC(=O)NCCCCCCOC2OC(CO)C(O)C(O)C2NC(C)=O)COCCC(=O)NCCCCCCOC2OC(CO)C(O)C(O)C2NC(C)=O)CC1. The van der Waals surface area contributed by atoms with Crippen LogP contribution in [0.2, 0.25) is 0 Å². The molecule has 0 spiro atoms. The molecule has 15 unspecified atom stereocenters. The van der Waals surface area contributed by atoms with Crippen molar-refractivity contribution in [1.29, 1.82) is 0 Å².